The van der Waals surface area contributed by atoms with Crippen LogP contribution in [0.1, 0.15) is 19.4 Å². The fourth-order valence-electron chi connectivity index (χ4n) is 1.51. The van der Waals surface area contributed by atoms with Crippen molar-refractivity contribution >= 4 is 17.5 Å². The maximum absolute atomic E-state index is 11.8. The molecular formula is C14H17ClN2O. The number of hydrogen-bond donors (Lipinski definition) is 1. The van der Waals surface area contributed by atoms with Crippen LogP contribution in [0, 0.1) is 23.2 Å². The van der Waals surface area contributed by atoms with Gasteiger partial charge in [0, 0.05) is 11.6 Å². The van der Waals surface area contributed by atoms with E-state index in [1.165, 1.54) is 0 Å². The lowest BCUT2D eigenvalue weighted by Crippen LogP contribution is -2.33. The lowest BCUT2D eigenvalue weighted by molar-refractivity contribution is -0.123. The summed E-state index contributed by atoms with van der Waals surface area (Å²) in [6.45, 7) is 4.60. The number of amides is 1. The molecule has 1 aromatic carbocycles. The summed E-state index contributed by atoms with van der Waals surface area (Å²) in [4.78, 5) is 11.8. The van der Waals surface area contributed by atoms with E-state index in [2.05, 4.69) is 5.32 Å². The van der Waals surface area contributed by atoms with Crippen molar-refractivity contribution in [1.29, 1.82) is 5.26 Å². The van der Waals surface area contributed by atoms with Gasteiger partial charge in [-0.25, -0.2) is 0 Å². The molecule has 0 spiro atoms. The Kier molecular flexibility index (Phi) is 5.67. The molecule has 0 saturated carbocycles. The van der Waals surface area contributed by atoms with E-state index in [4.69, 9.17) is 16.9 Å². The van der Waals surface area contributed by atoms with Crippen molar-refractivity contribution in [3.8, 4) is 6.07 Å². The zero-order chi connectivity index (χ0) is 13.5. The number of hydrogen-bond acceptors (Lipinski definition) is 2. The Labute approximate surface area is 113 Å². The first kappa shape index (κ1) is 14.5. The summed E-state index contributed by atoms with van der Waals surface area (Å²) >= 11 is 6.02. The van der Waals surface area contributed by atoms with Crippen molar-refractivity contribution in [2.24, 2.45) is 11.8 Å². The largest absolute Gasteiger partial charge is 0.355 e. The zero-order valence-corrected chi connectivity index (χ0v) is 11.4. The first-order valence-electron chi connectivity index (χ1n) is 5.95. The van der Waals surface area contributed by atoms with Gasteiger partial charge in [0.2, 0.25) is 5.91 Å². The molecule has 18 heavy (non-hydrogen) atoms. The van der Waals surface area contributed by atoms with Crippen molar-refractivity contribution < 1.29 is 4.79 Å². The average Bonchev–Trinajstić information content (AvgIpc) is 2.35. The minimum Gasteiger partial charge on any atom is -0.355 e. The van der Waals surface area contributed by atoms with E-state index in [0.717, 1.165) is 5.56 Å². The second-order valence-electron chi connectivity index (χ2n) is 4.62. The van der Waals surface area contributed by atoms with Crippen LogP contribution in [-0.4, -0.2) is 12.5 Å². The van der Waals surface area contributed by atoms with Crippen molar-refractivity contribution in [3.05, 3.63) is 34.9 Å². The quantitative estimate of drug-likeness (QED) is 0.889. The van der Waals surface area contributed by atoms with Gasteiger partial charge < -0.3 is 5.32 Å². The van der Waals surface area contributed by atoms with Gasteiger partial charge in [0.1, 0.15) is 5.92 Å². The molecule has 1 unspecified atom stereocenters. The number of nitriles is 1. The molecule has 4 heteroatoms. The summed E-state index contributed by atoms with van der Waals surface area (Å²) < 4.78 is 0. The van der Waals surface area contributed by atoms with E-state index in [1.807, 2.05) is 38.1 Å². The normalized spacial score (nSPS) is 11.9. The molecule has 3 nitrogen and oxygen atoms in total. The Hall–Kier alpha value is -1.53. The fourth-order valence-corrected chi connectivity index (χ4v) is 1.72. The van der Waals surface area contributed by atoms with E-state index < -0.39 is 5.92 Å². The van der Waals surface area contributed by atoms with E-state index in [1.54, 1.807) is 6.07 Å². The Bertz CT molecular complexity index is 451. The van der Waals surface area contributed by atoms with Gasteiger partial charge in [0.25, 0.3) is 0 Å². The third-order valence-corrected chi connectivity index (χ3v) is 2.91. The van der Waals surface area contributed by atoms with Crippen LogP contribution in [0.4, 0.5) is 0 Å². The van der Waals surface area contributed by atoms with Gasteiger partial charge in [-0.3, -0.25) is 4.79 Å². The van der Waals surface area contributed by atoms with E-state index in [0.29, 0.717) is 23.9 Å². The smallest absolute Gasteiger partial charge is 0.237 e. The van der Waals surface area contributed by atoms with Crippen molar-refractivity contribution in [1.82, 2.24) is 5.32 Å². The van der Waals surface area contributed by atoms with E-state index >= 15 is 0 Å². The molecule has 96 valence electrons. The fraction of sp³-hybridized carbons (Fsp3) is 0.429. The van der Waals surface area contributed by atoms with Gasteiger partial charge in [-0.1, -0.05) is 43.6 Å². The van der Waals surface area contributed by atoms with Crippen molar-refractivity contribution in [2.75, 3.05) is 6.54 Å². The summed E-state index contributed by atoms with van der Waals surface area (Å²) in [6.07, 6.45) is 0.347. The Morgan fingerprint density at radius 1 is 1.44 bits per heavy atom. The second-order valence-corrected chi connectivity index (χ2v) is 5.02. The van der Waals surface area contributed by atoms with Crippen LogP contribution in [-0.2, 0) is 11.2 Å². The van der Waals surface area contributed by atoms with E-state index in [9.17, 15) is 4.79 Å². The predicted octanol–water partition coefficient (Wildman–Crippen LogP) is 2.79. The van der Waals surface area contributed by atoms with Crippen LogP contribution >= 0.6 is 11.6 Å². The number of carbonyl (C=O) groups is 1. The highest BCUT2D eigenvalue weighted by Crippen LogP contribution is 2.18. The zero-order valence-electron chi connectivity index (χ0n) is 10.6. The third kappa shape index (κ3) is 4.38. The van der Waals surface area contributed by atoms with Crippen LogP contribution in [0.5, 0.6) is 0 Å². The molecular weight excluding hydrogens is 248 g/mol. The molecule has 0 saturated heterocycles. The molecule has 1 N–H and O–H groups in total. The molecule has 0 bridgehead atoms. The highest BCUT2D eigenvalue weighted by atomic mass is 35.5. The van der Waals surface area contributed by atoms with Crippen LogP contribution in [0.15, 0.2) is 24.3 Å². The summed E-state index contributed by atoms with van der Waals surface area (Å²) in [5, 5.41) is 12.4. The Morgan fingerprint density at radius 2 is 2.11 bits per heavy atom. The van der Waals surface area contributed by atoms with Gasteiger partial charge in [0.05, 0.1) is 6.07 Å². The number of rotatable bonds is 5. The topological polar surface area (TPSA) is 52.9 Å². The lowest BCUT2D eigenvalue weighted by Gasteiger charge is -2.12. The summed E-state index contributed by atoms with van der Waals surface area (Å²) in [7, 11) is 0. The van der Waals surface area contributed by atoms with Gasteiger partial charge in [-0.15, -0.1) is 0 Å². The molecule has 1 atom stereocenters. The number of nitrogens with zero attached hydrogens (tertiary/aromatic N) is 1. The monoisotopic (exact) mass is 264 g/mol. The molecule has 0 radical (unpaired) electrons. The average molecular weight is 265 g/mol. The number of benzene rings is 1. The summed E-state index contributed by atoms with van der Waals surface area (Å²) in [5.74, 6) is -0.552. The van der Waals surface area contributed by atoms with Crippen LogP contribution in [0.2, 0.25) is 5.02 Å². The molecule has 1 rings (SSSR count). The lowest BCUT2D eigenvalue weighted by atomic mass is 9.99. The van der Waals surface area contributed by atoms with Crippen LogP contribution in [0.3, 0.4) is 0 Å². The second kappa shape index (κ2) is 7.03. The number of halogens is 1. The van der Waals surface area contributed by atoms with E-state index in [-0.39, 0.29) is 5.91 Å². The minimum absolute atomic E-state index is 0.230. The highest BCUT2D eigenvalue weighted by molar-refractivity contribution is 6.31. The molecule has 0 fully saturated rings. The summed E-state index contributed by atoms with van der Waals surface area (Å²) in [5.41, 5.74) is 0.824. The Balaban J connectivity index is 2.66. The first-order valence-corrected chi connectivity index (χ1v) is 6.33. The van der Waals surface area contributed by atoms with Crippen molar-refractivity contribution in [3.63, 3.8) is 0 Å². The molecule has 1 aromatic rings. The minimum atomic E-state index is -0.691. The predicted molar refractivity (Wildman–Crippen MR) is 72.1 cm³/mol. The molecule has 0 heterocycles. The first-order chi connectivity index (χ1) is 8.54. The molecule has 0 aliphatic carbocycles. The Morgan fingerprint density at radius 3 is 2.67 bits per heavy atom. The highest BCUT2D eigenvalue weighted by Gasteiger charge is 2.19. The van der Waals surface area contributed by atoms with Gasteiger partial charge in [-0.2, -0.15) is 5.26 Å². The molecule has 0 aliphatic rings. The molecule has 0 aromatic heterocycles. The maximum Gasteiger partial charge on any atom is 0.237 e. The van der Waals surface area contributed by atoms with Crippen molar-refractivity contribution in [2.45, 2.75) is 20.3 Å². The summed E-state index contributed by atoms with van der Waals surface area (Å²) in [6, 6.07) is 9.30. The van der Waals surface area contributed by atoms with Gasteiger partial charge in [0.15, 0.2) is 0 Å². The van der Waals surface area contributed by atoms with Crippen LogP contribution < -0.4 is 5.32 Å². The SMILES string of the molecule is CC(C)CNC(=O)C(C#N)Cc1ccccc1Cl. The third-order valence-electron chi connectivity index (χ3n) is 2.54. The maximum atomic E-state index is 11.8. The number of carbonyl (C=O) groups excluding carboxylic acids is 1. The molecule has 1 amide bonds. The van der Waals surface area contributed by atoms with Crippen LogP contribution in [0.25, 0.3) is 0 Å². The van der Waals surface area contributed by atoms with Gasteiger partial charge in [-0.05, 0) is 24.0 Å². The molecule has 0 aliphatic heterocycles. The van der Waals surface area contributed by atoms with Gasteiger partial charge >= 0.3 is 0 Å². The number of nitrogens with one attached hydrogen (secondary N) is 1. The standard InChI is InChI=1S/C14H17ClN2O/c1-10(2)9-17-14(18)12(8-16)7-11-5-3-4-6-13(11)15/h3-6,10,12H,7,9H2,1-2H3,(H,17,18).